The lowest BCUT2D eigenvalue weighted by Gasteiger charge is -2.34. The van der Waals surface area contributed by atoms with Gasteiger partial charge < -0.3 is 10.2 Å². The molecule has 7 heteroatoms. The highest BCUT2D eigenvalue weighted by molar-refractivity contribution is 6.30. The molecular weight excluding hydrogens is 374 g/mol. The average molecular weight is 400 g/mol. The number of hydrogen-bond acceptors (Lipinski definition) is 4. The first-order chi connectivity index (χ1) is 13.6. The maximum Gasteiger partial charge on any atom is 0.317 e. The topological polar surface area (TPSA) is 61.4 Å². The molecule has 1 aromatic heterocycles. The van der Waals surface area contributed by atoms with Crippen LogP contribution in [-0.2, 0) is 0 Å². The second kappa shape index (κ2) is 8.45. The molecular formula is C21H26ClN5O. The van der Waals surface area contributed by atoms with Crippen molar-refractivity contribution in [3.8, 4) is 0 Å². The van der Waals surface area contributed by atoms with E-state index in [-0.39, 0.29) is 18.1 Å². The van der Waals surface area contributed by atoms with E-state index in [2.05, 4.69) is 39.4 Å². The number of amides is 2. The predicted octanol–water partition coefficient (Wildman–Crippen LogP) is 3.46. The minimum absolute atomic E-state index is 0.0420. The van der Waals surface area contributed by atoms with Gasteiger partial charge >= 0.3 is 6.03 Å². The number of halogens is 1. The highest BCUT2D eigenvalue weighted by Crippen LogP contribution is 2.32. The first-order valence-corrected chi connectivity index (χ1v) is 10.3. The number of nitrogens with zero attached hydrogens (tertiary/aromatic N) is 4. The van der Waals surface area contributed by atoms with Crippen LogP contribution in [0.5, 0.6) is 0 Å². The Balaban J connectivity index is 1.36. The number of aromatic nitrogens is 2. The second-order valence-electron chi connectivity index (χ2n) is 7.72. The van der Waals surface area contributed by atoms with Gasteiger partial charge in [0.2, 0.25) is 0 Å². The molecule has 2 aromatic rings. The third-order valence-corrected chi connectivity index (χ3v) is 6.23. The lowest BCUT2D eigenvalue weighted by atomic mass is 9.93. The van der Waals surface area contributed by atoms with E-state index in [9.17, 15) is 4.79 Å². The molecule has 28 heavy (non-hydrogen) atoms. The number of carbonyl (C=O) groups excluding carboxylic acids is 1. The number of rotatable bonds is 3. The van der Waals surface area contributed by atoms with Crippen LogP contribution in [0, 0.1) is 0 Å². The SMILES string of the molecule is CN1CCC(NC(=O)N2CCC(c3ccncn3)CC2)C1c1ccc(Cl)cc1. The summed E-state index contributed by atoms with van der Waals surface area (Å²) in [5, 5.41) is 4.02. The molecule has 1 N–H and O–H groups in total. The molecule has 2 atom stereocenters. The summed E-state index contributed by atoms with van der Waals surface area (Å²) in [6, 6.07) is 10.3. The van der Waals surface area contributed by atoms with Crippen LogP contribution in [-0.4, -0.2) is 58.5 Å². The van der Waals surface area contributed by atoms with Crippen molar-refractivity contribution in [3.63, 3.8) is 0 Å². The fourth-order valence-corrected chi connectivity index (χ4v) is 4.54. The zero-order valence-electron chi connectivity index (χ0n) is 16.1. The predicted molar refractivity (Wildman–Crippen MR) is 109 cm³/mol. The van der Waals surface area contributed by atoms with Crippen molar-refractivity contribution in [2.75, 3.05) is 26.7 Å². The fourth-order valence-electron chi connectivity index (χ4n) is 4.42. The molecule has 3 heterocycles. The van der Waals surface area contributed by atoms with Crippen LogP contribution < -0.4 is 5.32 Å². The lowest BCUT2D eigenvalue weighted by molar-refractivity contribution is 0.173. The largest absolute Gasteiger partial charge is 0.333 e. The van der Waals surface area contributed by atoms with Crippen molar-refractivity contribution in [3.05, 3.63) is 59.1 Å². The van der Waals surface area contributed by atoms with Gasteiger partial charge in [0.05, 0.1) is 12.1 Å². The Morgan fingerprint density at radius 1 is 1.11 bits per heavy atom. The Hall–Kier alpha value is -2.18. The Morgan fingerprint density at radius 2 is 1.86 bits per heavy atom. The van der Waals surface area contributed by atoms with Crippen LogP contribution in [0.3, 0.4) is 0 Å². The van der Waals surface area contributed by atoms with Crippen LogP contribution in [0.15, 0.2) is 42.9 Å². The van der Waals surface area contributed by atoms with E-state index < -0.39 is 0 Å². The molecule has 148 valence electrons. The van der Waals surface area contributed by atoms with Crippen molar-refractivity contribution in [2.45, 2.75) is 37.3 Å². The molecule has 2 amide bonds. The molecule has 0 saturated carbocycles. The Labute approximate surface area is 170 Å². The number of nitrogens with one attached hydrogen (secondary N) is 1. The normalized spacial score (nSPS) is 23.7. The number of hydrogen-bond donors (Lipinski definition) is 1. The Bertz CT molecular complexity index is 792. The molecule has 4 rings (SSSR count). The maximum absolute atomic E-state index is 12.9. The van der Waals surface area contributed by atoms with E-state index in [4.69, 9.17) is 11.6 Å². The number of urea groups is 1. The number of benzene rings is 1. The third kappa shape index (κ3) is 4.13. The molecule has 6 nitrogen and oxygen atoms in total. The highest BCUT2D eigenvalue weighted by Gasteiger charge is 2.35. The fraction of sp³-hybridized carbons (Fsp3) is 0.476. The number of carbonyl (C=O) groups is 1. The van der Waals surface area contributed by atoms with Crippen molar-refractivity contribution in [1.29, 1.82) is 0 Å². The second-order valence-corrected chi connectivity index (χ2v) is 8.15. The monoisotopic (exact) mass is 399 g/mol. The first kappa shape index (κ1) is 19.2. The van der Waals surface area contributed by atoms with Gasteiger partial charge in [-0.1, -0.05) is 23.7 Å². The molecule has 0 radical (unpaired) electrons. The number of likely N-dealkylation sites (tertiary alicyclic amines) is 2. The smallest absolute Gasteiger partial charge is 0.317 e. The summed E-state index contributed by atoms with van der Waals surface area (Å²) in [7, 11) is 2.11. The molecule has 2 saturated heterocycles. The first-order valence-electron chi connectivity index (χ1n) is 9.89. The van der Waals surface area contributed by atoms with Crippen molar-refractivity contribution in [1.82, 2.24) is 25.1 Å². The zero-order valence-corrected chi connectivity index (χ0v) is 16.8. The summed E-state index contributed by atoms with van der Waals surface area (Å²) in [5.41, 5.74) is 2.27. The molecule has 2 fully saturated rings. The number of piperidine rings is 1. The molecule has 2 unspecified atom stereocenters. The summed E-state index contributed by atoms with van der Waals surface area (Å²) >= 11 is 6.04. The van der Waals surface area contributed by atoms with Gasteiger partial charge in [-0.2, -0.15) is 0 Å². The van der Waals surface area contributed by atoms with Gasteiger partial charge in [-0.3, -0.25) is 4.90 Å². The van der Waals surface area contributed by atoms with Crippen molar-refractivity contribution < 1.29 is 4.79 Å². The van der Waals surface area contributed by atoms with E-state index in [1.165, 1.54) is 5.56 Å². The lowest BCUT2D eigenvalue weighted by Crippen LogP contribution is -2.49. The van der Waals surface area contributed by atoms with E-state index in [1.807, 2.05) is 23.1 Å². The molecule has 0 bridgehead atoms. The van der Waals surface area contributed by atoms with Gasteiger partial charge in [-0.15, -0.1) is 0 Å². The quantitative estimate of drug-likeness (QED) is 0.858. The van der Waals surface area contributed by atoms with E-state index >= 15 is 0 Å². The van der Waals surface area contributed by atoms with Crippen LogP contribution >= 0.6 is 11.6 Å². The summed E-state index contributed by atoms with van der Waals surface area (Å²) in [4.78, 5) is 25.5. The van der Waals surface area contributed by atoms with E-state index in [1.54, 1.807) is 12.5 Å². The van der Waals surface area contributed by atoms with Crippen LogP contribution in [0.1, 0.15) is 42.5 Å². The van der Waals surface area contributed by atoms with Gasteiger partial charge in [0.1, 0.15) is 6.33 Å². The summed E-state index contributed by atoms with van der Waals surface area (Å²) in [6.07, 6.45) is 6.22. The van der Waals surface area contributed by atoms with Gasteiger partial charge in [0.15, 0.2) is 0 Å². The van der Waals surface area contributed by atoms with Gasteiger partial charge in [0, 0.05) is 42.5 Å². The molecule has 1 aromatic carbocycles. The Kier molecular flexibility index (Phi) is 5.78. The van der Waals surface area contributed by atoms with Crippen molar-refractivity contribution >= 4 is 17.6 Å². The average Bonchev–Trinajstić information content (AvgIpc) is 3.09. The van der Waals surface area contributed by atoms with Crippen molar-refractivity contribution in [2.24, 2.45) is 0 Å². The molecule has 0 spiro atoms. The van der Waals surface area contributed by atoms with Crippen LogP contribution in [0.4, 0.5) is 4.79 Å². The summed E-state index contributed by atoms with van der Waals surface area (Å²) in [5.74, 6) is 0.409. The number of likely N-dealkylation sites (N-methyl/N-ethyl adjacent to an activating group) is 1. The third-order valence-electron chi connectivity index (χ3n) is 5.97. The molecule has 2 aliphatic heterocycles. The van der Waals surface area contributed by atoms with Gasteiger partial charge in [-0.05, 0) is 50.1 Å². The minimum atomic E-state index is 0.0420. The zero-order chi connectivity index (χ0) is 19.5. The molecule has 0 aliphatic carbocycles. The highest BCUT2D eigenvalue weighted by atomic mass is 35.5. The van der Waals surface area contributed by atoms with E-state index in [0.717, 1.165) is 49.6 Å². The van der Waals surface area contributed by atoms with E-state index in [0.29, 0.717) is 5.92 Å². The summed E-state index contributed by atoms with van der Waals surface area (Å²) in [6.45, 7) is 2.48. The van der Waals surface area contributed by atoms with Crippen LogP contribution in [0.25, 0.3) is 0 Å². The maximum atomic E-state index is 12.9. The molecule has 2 aliphatic rings. The summed E-state index contributed by atoms with van der Waals surface area (Å²) < 4.78 is 0. The Morgan fingerprint density at radius 3 is 2.54 bits per heavy atom. The van der Waals surface area contributed by atoms with Crippen LogP contribution in [0.2, 0.25) is 5.02 Å². The standard InChI is InChI=1S/C21H26ClN5O/c1-26-11-9-19(20(26)16-2-4-17(22)5-3-16)25-21(28)27-12-7-15(8-13-27)18-6-10-23-14-24-18/h2-6,10,14-15,19-20H,7-9,11-13H2,1H3,(H,25,28). The minimum Gasteiger partial charge on any atom is -0.333 e. The van der Waals surface area contributed by atoms with Gasteiger partial charge in [-0.25, -0.2) is 14.8 Å². The van der Waals surface area contributed by atoms with Gasteiger partial charge in [0.25, 0.3) is 0 Å².